The highest BCUT2D eigenvalue weighted by molar-refractivity contribution is 9.10. The van der Waals surface area contributed by atoms with Gasteiger partial charge in [-0.1, -0.05) is 58.0 Å². The summed E-state index contributed by atoms with van der Waals surface area (Å²) >= 11 is 4.70. The SMILES string of the molecule is CCn1c(SC(C)C(=O)NC(C)c2ccccc2)nc2ccc(Br)cc2c1=O. The fourth-order valence-corrected chi connectivity index (χ4v) is 4.25. The number of hydrogen-bond acceptors (Lipinski definition) is 4. The molecule has 3 aromatic rings. The van der Waals surface area contributed by atoms with Crippen molar-refractivity contribution in [3.63, 3.8) is 0 Å². The number of carbonyl (C=O) groups is 1. The van der Waals surface area contributed by atoms with E-state index in [9.17, 15) is 9.59 Å². The van der Waals surface area contributed by atoms with Crippen LogP contribution in [0, 0.1) is 0 Å². The lowest BCUT2D eigenvalue weighted by molar-refractivity contribution is -0.120. The molecule has 0 aliphatic heterocycles. The Bertz CT molecular complexity index is 1050. The van der Waals surface area contributed by atoms with Gasteiger partial charge in [0.25, 0.3) is 5.56 Å². The van der Waals surface area contributed by atoms with Crippen LogP contribution in [0.25, 0.3) is 10.9 Å². The van der Waals surface area contributed by atoms with Gasteiger partial charge in [0.15, 0.2) is 5.16 Å². The molecule has 0 aliphatic rings. The third kappa shape index (κ3) is 4.47. The molecule has 2 atom stereocenters. The number of fused-ring (bicyclic) bond motifs is 1. The average Bonchev–Trinajstić information content (AvgIpc) is 2.69. The van der Waals surface area contributed by atoms with Crippen molar-refractivity contribution in [2.45, 2.75) is 43.8 Å². The van der Waals surface area contributed by atoms with Crippen molar-refractivity contribution in [1.82, 2.24) is 14.9 Å². The van der Waals surface area contributed by atoms with Gasteiger partial charge >= 0.3 is 0 Å². The zero-order valence-electron chi connectivity index (χ0n) is 16.0. The Morgan fingerprint density at radius 1 is 1.21 bits per heavy atom. The Morgan fingerprint density at radius 3 is 2.61 bits per heavy atom. The van der Waals surface area contributed by atoms with Gasteiger partial charge in [-0.2, -0.15) is 0 Å². The normalized spacial score (nSPS) is 13.3. The van der Waals surface area contributed by atoms with Crippen LogP contribution in [0.15, 0.2) is 63.0 Å². The third-order valence-corrected chi connectivity index (χ3v) is 6.09. The van der Waals surface area contributed by atoms with Gasteiger partial charge in [-0.05, 0) is 44.5 Å². The standard InChI is InChI=1S/C21H22BrN3O2S/c1-4-25-20(27)17-12-16(22)10-11-18(17)24-21(25)28-14(3)19(26)23-13(2)15-8-6-5-7-9-15/h5-14H,4H2,1-3H3,(H,23,26). The van der Waals surface area contributed by atoms with E-state index in [0.29, 0.717) is 22.6 Å². The second-order valence-corrected chi connectivity index (χ2v) is 8.73. The van der Waals surface area contributed by atoms with Crippen LogP contribution >= 0.6 is 27.7 Å². The van der Waals surface area contributed by atoms with E-state index in [4.69, 9.17) is 0 Å². The minimum Gasteiger partial charge on any atom is -0.349 e. The van der Waals surface area contributed by atoms with E-state index >= 15 is 0 Å². The maximum absolute atomic E-state index is 12.8. The number of benzene rings is 2. The molecule has 0 aliphatic carbocycles. The number of nitrogens with one attached hydrogen (secondary N) is 1. The molecule has 0 bridgehead atoms. The van der Waals surface area contributed by atoms with Crippen LogP contribution in [0.1, 0.15) is 32.4 Å². The van der Waals surface area contributed by atoms with Gasteiger partial charge in [0, 0.05) is 11.0 Å². The van der Waals surface area contributed by atoms with Crippen LogP contribution < -0.4 is 10.9 Å². The Hall–Kier alpha value is -2.12. The molecule has 0 radical (unpaired) electrons. The van der Waals surface area contributed by atoms with E-state index in [2.05, 4.69) is 26.2 Å². The maximum atomic E-state index is 12.8. The van der Waals surface area contributed by atoms with Crippen molar-refractivity contribution in [3.05, 3.63) is 68.9 Å². The summed E-state index contributed by atoms with van der Waals surface area (Å²) in [4.78, 5) is 30.1. The number of carbonyl (C=O) groups excluding carboxylic acids is 1. The van der Waals surface area contributed by atoms with Crippen molar-refractivity contribution in [2.75, 3.05) is 0 Å². The zero-order chi connectivity index (χ0) is 20.3. The summed E-state index contributed by atoms with van der Waals surface area (Å²) in [7, 11) is 0. The first-order valence-corrected chi connectivity index (χ1v) is 10.8. The monoisotopic (exact) mass is 459 g/mol. The summed E-state index contributed by atoms with van der Waals surface area (Å²) in [5, 5.41) is 3.76. The number of amides is 1. The van der Waals surface area contributed by atoms with Gasteiger partial charge in [-0.3, -0.25) is 14.2 Å². The minimum atomic E-state index is -0.385. The molecule has 28 heavy (non-hydrogen) atoms. The fraction of sp³-hybridized carbons (Fsp3) is 0.286. The summed E-state index contributed by atoms with van der Waals surface area (Å²) < 4.78 is 2.45. The second kappa shape index (κ2) is 8.92. The summed E-state index contributed by atoms with van der Waals surface area (Å²) in [6.07, 6.45) is 0. The van der Waals surface area contributed by atoms with Crippen molar-refractivity contribution in [2.24, 2.45) is 0 Å². The van der Waals surface area contributed by atoms with Crippen molar-refractivity contribution < 1.29 is 4.79 Å². The van der Waals surface area contributed by atoms with Crippen LogP contribution in [-0.4, -0.2) is 20.7 Å². The van der Waals surface area contributed by atoms with Crippen molar-refractivity contribution >= 4 is 44.5 Å². The molecule has 1 aromatic heterocycles. The molecule has 7 heteroatoms. The Kier molecular flexibility index (Phi) is 6.57. The minimum absolute atomic E-state index is 0.0887. The summed E-state index contributed by atoms with van der Waals surface area (Å²) in [5.41, 5.74) is 1.58. The molecule has 5 nitrogen and oxygen atoms in total. The molecular formula is C21H22BrN3O2S. The predicted octanol–water partition coefficient (Wildman–Crippen LogP) is 4.54. The molecule has 2 unspecified atom stereocenters. The highest BCUT2D eigenvalue weighted by atomic mass is 79.9. The van der Waals surface area contributed by atoms with Crippen LogP contribution in [-0.2, 0) is 11.3 Å². The predicted molar refractivity (Wildman–Crippen MR) is 118 cm³/mol. The van der Waals surface area contributed by atoms with Gasteiger partial charge in [0.05, 0.1) is 22.2 Å². The molecule has 0 saturated heterocycles. The molecule has 2 aromatic carbocycles. The lowest BCUT2D eigenvalue weighted by Crippen LogP contribution is -2.33. The van der Waals surface area contributed by atoms with Crippen molar-refractivity contribution in [1.29, 1.82) is 0 Å². The van der Waals surface area contributed by atoms with Gasteiger partial charge in [-0.25, -0.2) is 4.98 Å². The van der Waals surface area contributed by atoms with Crippen LogP contribution in [0.3, 0.4) is 0 Å². The third-order valence-electron chi connectivity index (χ3n) is 4.51. The number of thioether (sulfide) groups is 1. The fourth-order valence-electron chi connectivity index (χ4n) is 2.91. The van der Waals surface area contributed by atoms with E-state index in [1.165, 1.54) is 11.8 Å². The Balaban J connectivity index is 1.82. The van der Waals surface area contributed by atoms with Gasteiger partial charge in [0.2, 0.25) is 5.91 Å². The number of aromatic nitrogens is 2. The van der Waals surface area contributed by atoms with Gasteiger partial charge < -0.3 is 5.32 Å². The number of hydrogen-bond donors (Lipinski definition) is 1. The second-order valence-electron chi connectivity index (χ2n) is 6.51. The van der Waals surface area contributed by atoms with Gasteiger partial charge in [-0.15, -0.1) is 0 Å². The van der Waals surface area contributed by atoms with E-state index in [1.807, 2.05) is 63.2 Å². The quantitative estimate of drug-likeness (QED) is 0.434. The lowest BCUT2D eigenvalue weighted by Gasteiger charge is -2.19. The molecule has 3 rings (SSSR count). The number of halogens is 1. The molecule has 0 spiro atoms. The molecular weight excluding hydrogens is 438 g/mol. The van der Waals surface area contributed by atoms with E-state index in [0.717, 1.165) is 10.0 Å². The largest absolute Gasteiger partial charge is 0.349 e. The highest BCUT2D eigenvalue weighted by Crippen LogP contribution is 2.24. The molecule has 0 saturated carbocycles. The first kappa shape index (κ1) is 20.6. The highest BCUT2D eigenvalue weighted by Gasteiger charge is 2.20. The summed E-state index contributed by atoms with van der Waals surface area (Å²) in [6.45, 7) is 6.18. The number of nitrogens with zero attached hydrogens (tertiary/aromatic N) is 2. The summed E-state index contributed by atoms with van der Waals surface area (Å²) in [5.74, 6) is -0.0887. The number of rotatable bonds is 6. The van der Waals surface area contributed by atoms with E-state index < -0.39 is 0 Å². The van der Waals surface area contributed by atoms with Crippen molar-refractivity contribution in [3.8, 4) is 0 Å². The molecule has 146 valence electrons. The average molecular weight is 460 g/mol. The Morgan fingerprint density at radius 2 is 1.93 bits per heavy atom. The molecule has 0 fully saturated rings. The first-order chi connectivity index (χ1) is 13.4. The lowest BCUT2D eigenvalue weighted by atomic mass is 10.1. The molecule has 1 N–H and O–H groups in total. The van der Waals surface area contributed by atoms with Crippen LogP contribution in [0.2, 0.25) is 0 Å². The molecule has 1 amide bonds. The van der Waals surface area contributed by atoms with E-state index in [1.54, 1.807) is 10.6 Å². The topological polar surface area (TPSA) is 64.0 Å². The first-order valence-electron chi connectivity index (χ1n) is 9.12. The smallest absolute Gasteiger partial charge is 0.262 e. The summed E-state index contributed by atoms with van der Waals surface area (Å²) in [6, 6.07) is 15.2. The van der Waals surface area contributed by atoms with Crippen LogP contribution in [0.5, 0.6) is 0 Å². The molecule has 1 heterocycles. The maximum Gasteiger partial charge on any atom is 0.262 e. The zero-order valence-corrected chi connectivity index (χ0v) is 18.4. The van der Waals surface area contributed by atoms with Crippen LogP contribution in [0.4, 0.5) is 0 Å². The Labute approximate surface area is 176 Å². The van der Waals surface area contributed by atoms with E-state index in [-0.39, 0.29) is 22.8 Å². The van der Waals surface area contributed by atoms with Gasteiger partial charge in [0.1, 0.15) is 0 Å².